The van der Waals surface area contributed by atoms with E-state index in [1.165, 1.54) is 6.42 Å². The molecule has 3 aliphatic rings. The lowest BCUT2D eigenvalue weighted by Crippen LogP contribution is -2.55. The number of nitrogens with one attached hydrogen (secondary N) is 1. The minimum Gasteiger partial charge on any atom is -0.451 e. The number of carbonyl (C=O) groups excluding carboxylic acids is 2. The summed E-state index contributed by atoms with van der Waals surface area (Å²) in [4.78, 5) is 27.3. The van der Waals surface area contributed by atoms with Crippen LogP contribution < -0.4 is 5.43 Å². The third-order valence-electron chi connectivity index (χ3n) is 6.27. The first-order chi connectivity index (χ1) is 13.1. The van der Waals surface area contributed by atoms with Gasteiger partial charge in [0.1, 0.15) is 5.60 Å². The lowest BCUT2D eigenvalue weighted by molar-refractivity contribution is -0.133. The predicted molar refractivity (Wildman–Crippen MR) is 102 cm³/mol. The van der Waals surface area contributed by atoms with Gasteiger partial charge in [-0.1, -0.05) is 25.1 Å². The maximum absolute atomic E-state index is 12.7. The first kappa shape index (κ1) is 18.4. The van der Waals surface area contributed by atoms with E-state index < -0.39 is 5.60 Å². The number of benzene rings is 1. The Kier molecular flexibility index (Phi) is 5.19. The summed E-state index contributed by atoms with van der Waals surface area (Å²) >= 11 is 0. The number of ether oxygens (including phenoxy) is 1. The molecule has 0 aromatic heterocycles. The largest absolute Gasteiger partial charge is 0.451 e. The molecule has 27 heavy (non-hydrogen) atoms. The first-order valence-electron chi connectivity index (χ1n) is 10.2. The van der Waals surface area contributed by atoms with Gasteiger partial charge in [0, 0.05) is 37.7 Å². The van der Waals surface area contributed by atoms with E-state index in [0.717, 1.165) is 64.0 Å². The number of rotatable bonds is 4. The maximum Gasteiger partial charge on any atom is 0.339 e. The third kappa shape index (κ3) is 3.60. The number of carbonyl (C=O) groups is 2. The average molecular weight is 371 g/mol. The van der Waals surface area contributed by atoms with Crippen molar-refractivity contribution in [3.63, 3.8) is 0 Å². The minimum atomic E-state index is -0.518. The van der Waals surface area contributed by atoms with Crippen LogP contribution in [0.1, 0.15) is 54.9 Å². The van der Waals surface area contributed by atoms with Gasteiger partial charge in [-0.2, -0.15) is 0 Å². The van der Waals surface area contributed by atoms with Gasteiger partial charge in [-0.15, -0.1) is 0 Å². The van der Waals surface area contributed by atoms with Crippen molar-refractivity contribution in [2.24, 2.45) is 5.92 Å². The van der Waals surface area contributed by atoms with Crippen molar-refractivity contribution in [2.45, 2.75) is 44.6 Å². The van der Waals surface area contributed by atoms with E-state index in [1.807, 2.05) is 24.3 Å². The lowest BCUT2D eigenvalue weighted by atomic mass is 9.75. The Balaban J connectivity index is 1.31. The fourth-order valence-electron chi connectivity index (χ4n) is 4.71. The third-order valence-corrected chi connectivity index (χ3v) is 6.27. The van der Waals surface area contributed by atoms with E-state index in [1.54, 1.807) is 0 Å². The predicted octanol–water partition coefficient (Wildman–Crippen LogP) is 2.30. The first-order valence-corrected chi connectivity index (χ1v) is 10.2. The smallest absolute Gasteiger partial charge is 0.339 e. The number of nitrogens with zero attached hydrogens (tertiary/aromatic N) is 2. The van der Waals surface area contributed by atoms with E-state index >= 15 is 0 Å². The molecule has 1 aromatic carbocycles. The van der Waals surface area contributed by atoms with Gasteiger partial charge < -0.3 is 9.64 Å². The van der Waals surface area contributed by atoms with Crippen LogP contribution in [0.2, 0.25) is 0 Å². The van der Waals surface area contributed by atoms with E-state index in [2.05, 4.69) is 22.3 Å². The molecule has 1 spiro atoms. The van der Waals surface area contributed by atoms with Crippen molar-refractivity contribution in [3.05, 3.63) is 35.4 Å². The van der Waals surface area contributed by atoms with E-state index in [4.69, 9.17) is 4.74 Å². The van der Waals surface area contributed by atoms with Crippen molar-refractivity contribution in [1.29, 1.82) is 0 Å². The number of esters is 1. The molecule has 0 radical (unpaired) electrons. The quantitative estimate of drug-likeness (QED) is 0.823. The van der Waals surface area contributed by atoms with Gasteiger partial charge in [0.05, 0.1) is 5.56 Å². The normalized spacial score (nSPS) is 28.8. The van der Waals surface area contributed by atoms with Crippen molar-refractivity contribution in [1.82, 2.24) is 15.3 Å². The van der Waals surface area contributed by atoms with Gasteiger partial charge >= 0.3 is 5.97 Å². The van der Waals surface area contributed by atoms with Gasteiger partial charge in [0.25, 0.3) is 0 Å². The van der Waals surface area contributed by atoms with Crippen LogP contribution >= 0.6 is 0 Å². The zero-order chi connectivity index (χ0) is 18.9. The summed E-state index contributed by atoms with van der Waals surface area (Å²) in [5, 5.41) is 2.06. The fraction of sp³-hybridized carbons (Fsp3) is 0.619. The summed E-state index contributed by atoms with van der Waals surface area (Å²) in [6.07, 6.45) is 4.12. The Labute approximate surface area is 160 Å². The lowest BCUT2D eigenvalue weighted by Gasteiger charge is -2.38. The molecule has 1 N–H and O–H groups in total. The van der Waals surface area contributed by atoms with Crippen LogP contribution in [0.5, 0.6) is 0 Å². The number of hydrogen-bond donors (Lipinski definition) is 1. The van der Waals surface area contributed by atoms with Crippen molar-refractivity contribution >= 4 is 11.9 Å². The highest BCUT2D eigenvalue weighted by atomic mass is 16.6. The molecule has 6 heteroatoms. The number of amides is 1. The minimum absolute atomic E-state index is 0.00393. The van der Waals surface area contributed by atoms with Crippen LogP contribution in [0.3, 0.4) is 0 Å². The molecule has 0 atom stereocenters. The fourth-order valence-corrected chi connectivity index (χ4v) is 4.71. The molecule has 146 valence electrons. The molecule has 2 heterocycles. The molecule has 6 nitrogen and oxygen atoms in total. The molecule has 0 unspecified atom stereocenters. The van der Waals surface area contributed by atoms with Crippen LogP contribution in [-0.2, 0) is 15.1 Å². The second kappa shape index (κ2) is 7.60. The van der Waals surface area contributed by atoms with E-state index in [-0.39, 0.29) is 17.8 Å². The van der Waals surface area contributed by atoms with Crippen molar-refractivity contribution in [2.75, 3.05) is 32.7 Å². The summed E-state index contributed by atoms with van der Waals surface area (Å²) < 4.78 is 5.79. The van der Waals surface area contributed by atoms with Gasteiger partial charge in [-0.25, -0.2) is 9.80 Å². The van der Waals surface area contributed by atoms with Crippen LogP contribution in [0.4, 0.5) is 0 Å². The van der Waals surface area contributed by atoms with Crippen LogP contribution in [-0.4, -0.2) is 54.5 Å². The molecule has 1 saturated carbocycles. The summed E-state index contributed by atoms with van der Waals surface area (Å²) in [5.74, 6) is -0.111. The Morgan fingerprint density at radius 1 is 1.19 bits per heavy atom. The summed E-state index contributed by atoms with van der Waals surface area (Å²) in [7, 11) is 0. The highest BCUT2D eigenvalue weighted by Gasteiger charge is 2.48. The Morgan fingerprint density at radius 3 is 2.59 bits per heavy atom. The molecule has 1 saturated heterocycles. The number of hydrazine groups is 1. The molecular formula is C21H29N3O3. The molecule has 0 bridgehead atoms. The van der Waals surface area contributed by atoms with E-state index in [9.17, 15) is 9.59 Å². The second-order valence-electron chi connectivity index (χ2n) is 8.01. The maximum atomic E-state index is 12.7. The topological polar surface area (TPSA) is 61.9 Å². The van der Waals surface area contributed by atoms with Gasteiger partial charge in [0.2, 0.25) is 5.91 Å². The Morgan fingerprint density at radius 2 is 1.89 bits per heavy atom. The molecule has 2 aliphatic heterocycles. The van der Waals surface area contributed by atoms with Gasteiger partial charge in [-0.3, -0.25) is 10.2 Å². The van der Waals surface area contributed by atoms with Crippen molar-refractivity contribution in [3.8, 4) is 0 Å². The summed E-state index contributed by atoms with van der Waals surface area (Å²) in [5.41, 5.74) is 4.29. The zero-order valence-electron chi connectivity index (χ0n) is 16.1. The van der Waals surface area contributed by atoms with E-state index in [0.29, 0.717) is 5.56 Å². The Hall–Kier alpha value is -1.92. The van der Waals surface area contributed by atoms with Gasteiger partial charge in [-0.05, 0) is 44.7 Å². The number of fused-ring (bicyclic) bond motifs is 2. The highest BCUT2D eigenvalue weighted by Crippen LogP contribution is 2.48. The summed E-state index contributed by atoms with van der Waals surface area (Å²) in [6.45, 7) is 7.11. The van der Waals surface area contributed by atoms with Crippen LogP contribution in [0, 0.1) is 5.92 Å². The van der Waals surface area contributed by atoms with Crippen molar-refractivity contribution < 1.29 is 14.3 Å². The molecule has 2 fully saturated rings. The van der Waals surface area contributed by atoms with Crippen LogP contribution in [0.25, 0.3) is 0 Å². The Bertz CT molecular complexity index is 704. The molecule has 1 amide bonds. The molecule has 1 aromatic rings. The molecule has 4 rings (SSSR count). The highest BCUT2D eigenvalue weighted by molar-refractivity contribution is 5.94. The molecular weight excluding hydrogens is 342 g/mol. The standard InChI is InChI=1S/C21H29N3O3/c1-2-11-23-12-14-24(15-13-23)22-19(25)16-7-9-21(10-8-16)18-6-4-3-5-17(18)20(26)27-21/h3-6,16H,2,7-15H2,1H3,(H,22,25)/t16-,21-. The average Bonchev–Trinajstić information content (AvgIpc) is 2.96. The number of hydrogen-bond acceptors (Lipinski definition) is 5. The second-order valence-corrected chi connectivity index (χ2v) is 8.01. The van der Waals surface area contributed by atoms with Gasteiger partial charge in [0.15, 0.2) is 0 Å². The van der Waals surface area contributed by atoms with Crippen LogP contribution in [0.15, 0.2) is 24.3 Å². The zero-order valence-corrected chi connectivity index (χ0v) is 16.1. The SMILES string of the molecule is CCCN1CCN(NC(=O)[C@H]2CC[C@@]3(CC2)OC(=O)c2ccccc23)CC1. The number of piperazine rings is 1. The summed E-state index contributed by atoms with van der Waals surface area (Å²) in [6, 6.07) is 7.66. The molecule has 1 aliphatic carbocycles. The monoisotopic (exact) mass is 371 g/mol.